The molecule has 0 heterocycles. The fourth-order valence-electron chi connectivity index (χ4n) is 13.4. The molecular formula is C62H122B2Y-2. The molecule has 8 rings (SSSR count). The van der Waals surface area contributed by atoms with Gasteiger partial charge in [0.1, 0.15) is 0 Å². The summed E-state index contributed by atoms with van der Waals surface area (Å²) in [6.07, 6.45) is 62.4. The molecule has 3 heteroatoms. The Labute approximate surface area is 446 Å². The van der Waals surface area contributed by atoms with Crippen molar-refractivity contribution in [1.29, 1.82) is 0 Å². The maximum absolute atomic E-state index is 3.00. The molecule has 0 N–H and O–H groups in total. The molecule has 0 aromatic heterocycles. The van der Waals surface area contributed by atoms with Crippen molar-refractivity contribution >= 4 is 16.8 Å². The molecule has 0 bridgehead atoms. The monoisotopic (exact) mass is 980 g/mol. The van der Waals surface area contributed by atoms with Crippen LogP contribution in [0.1, 0.15) is 289 Å². The quantitative estimate of drug-likeness (QED) is 0.129. The van der Waals surface area contributed by atoms with Gasteiger partial charge in [0.05, 0.1) is 0 Å². The molecule has 0 aromatic rings. The van der Waals surface area contributed by atoms with Crippen LogP contribution in [0.5, 0.6) is 0 Å². The van der Waals surface area contributed by atoms with E-state index in [1.165, 1.54) is 128 Å². The van der Waals surface area contributed by atoms with E-state index in [0.717, 1.165) is 71.0 Å². The van der Waals surface area contributed by atoms with E-state index in [9.17, 15) is 0 Å². The minimum absolute atomic E-state index is 0. The van der Waals surface area contributed by atoms with E-state index in [4.69, 9.17) is 0 Å². The fourth-order valence-corrected chi connectivity index (χ4v) is 13.4. The summed E-state index contributed by atoms with van der Waals surface area (Å²) in [5.74, 6) is 12.8. The van der Waals surface area contributed by atoms with E-state index in [1.807, 2.05) is 0 Å². The van der Waals surface area contributed by atoms with Crippen LogP contribution in [0, 0.1) is 83.9 Å². The van der Waals surface area contributed by atoms with Crippen molar-refractivity contribution in [3.63, 3.8) is 0 Å². The summed E-state index contributed by atoms with van der Waals surface area (Å²) in [7, 11) is 0. The molecule has 8 aliphatic carbocycles. The second-order valence-corrected chi connectivity index (χ2v) is 23.1. The van der Waals surface area contributed by atoms with Crippen molar-refractivity contribution in [3.8, 4) is 0 Å². The summed E-state index contributed by atoms with van der Waals surface area (Å²) < 4.78 is 0. The van der Waals surface area contributed by atoms with Gasteiger partial charge in [0.25, 0.3) is 0 Å². The van der Waals surface area contributed by atoms with Crippen LogP contribution < -0.4 is 0 Å². The zero-order valence-electron chi connectivity index (χ0n) is 43.5. The molecule has 0 nitrogen and oxygen atoms in total. The van der Waals surface area contributed by atoms with Gasteiger partial charge < -0.3 is 12.8 Å². The molecule has 0 spiro atoms. The molecular weight excluding hydrogens is 855 g/mol. The van der Waals surface area contributed by atoms with Crippen LogP contribution in [0.25, 0.3) is 0 Å². The molecule has 8 saturated carbocycles. The van der Waals surface area contributed by atoms with Gasteiger partial charge in [-0.2, -0.15) is 25.7 Å². The van der Waals surface area contributed by atoms with Crippen LogP contribution in [0.2, 0.25) is 0 Å². The molecule has 65 heavy (non-hydrogen) atoms. The first-order chi connectivity index (χ1) is 29.4. The van der Waals surface area contributed by atoms with Crippen LogP contribution in [0.4, 0.5) is 0 Å². The maximum Gasteiger partial charge on any atom is 0 e. The zero-order chi connectivity index (χ0) is 43.2. The summed E-state index contributed by atoms with van der Waals surface area (Å²) in [5.41, 5.74) is 0. The van der Waals surface area contributed by atoms with Gasteiger partial charge in [-0.15, -0.1) is 26.3 Å². The Bertz CT molecular complexity index is 912. The summed E-state index contributed by atoms with van der Waals surface area (Å²) in [6, 6.07) is 0. The Morgan fingerprint density at radius 3 is 0.692 bits per heavy atom. The van der Waals surface area contributed by atoms with Crippen molar-refractivity contribution in [2.45, 2.75) is 287 Å². The summed E-state index contributed by atoms with van der Waals surface area (Å²) in [4.78, 5) is 0. The second-order valence-electron chi connectivity index (χ2n) is 23.1. The Kier molecular flexibility index (Phi) is 48.1. The van der Waals surface area contributed by atoms with Crippen LogP contribution in [-0.2, 0) is 32.7 Å². The van der Waals surface area contributed by atoms with Crippen molar-refractivity contribution < 1.29 is 35.6 Å². The first-order valence-electron chi connectivity index (χ1n) is 28.0. The predicted octanol–water partition coefficient (Wildman–Crippen LogP) is 21.4. The number of hydrogen-bond donors (Lipinski definition) is 0. The fraction of sp³-hybridized carbons (Fsp3) is 0.903. The minimum Gasteiger partial charge on any atom is -0.328 e. The minimum atomic E-state index is 0. The Hall–Kier alpha value is 0.714. The zero-order valence-corrected chi connectivity index (χ0v) is 46.4. The summed E-state index contributed by atoms with van der Waals surface area (Å²) in [6.45, 7) is 21.7. The van der Waals surface area contributed by atoms with Crippen LogP contribution >= 0.6 is 0 Å². The number of hydrogen-bond acceptors (Lipinski definition) is 0. The first-order valence-corrected chi connectivity index (χ1v) is 28.0. The Morgan fingerprint density at radius 2 is 0.492 bits per heavy atom. The molecule has 0 atom stereocenters. The molecule has 0 aliphatic heterocycles. The third-order valence-electron chi connectivity index (χ3n) is 17.8. The van der Waals surface area contributed by atoms with Crippen LogP contribution in [0.3, 0.4) is 0 Å². The van der Waals surface area contributed by atoms with E-state index in [2.05, 4.69) is 66.9 Å². The van der Waals surface area contributed by atoms with E-state index >= 15 is 0 Å². The van der Waals surface area contributed by atoms with E-state index in [-0.39, 0.29) is 67.2 Å². The van der Waals surface area contributed by atoms with Crippen LogP contribution in [0.15, 0.2) is 26.3 Å². The smallest absolute Gasteiger partial charge is 0 e. The topological polar surface area (TPSA) is 0 Å². The normalized spacial score (nSPS) is 32.6. The third kappa shape index (κ3) is 32.3. The standard InChI is InChI=1S/C22H40.C21H37.C7H14.C6H11.2C2H4.2CH4.2B.Y.2H2/c1-17-3-7-19(8-4-17)15-21-11-13-22(14-12-21)16-20-9-5-18(2)6-10-20;1-17-7-9-19(10-8-17)16-21-13-11-20(12-14-21)15-18-5-3-2-4-6-18;1-7-5-3-2-4-6-7;1-2-4-6-5-3-1;2*1-2;;;;;;;/h17-22H,3-16H2,1-2H3;2,17-21H,3-16H2,1H3;7H,2-6H2,1H3;1H,2-6H2;2*1-2H2;2*1H4;;;;2*1H/q;-1;;-1;;;;;;;;;/i;;;;;;;;;;;2*1+1. The van der Waals surface area contributed by atoms with Crippen molar-refractivity contribution in [1.82, 2.24) is 0 Å². The molecule has 0 saturated heterocycles. The molecule has 0 amide bonds. The molecule has 8 fully saturated rings. The van der Waals surface area contributed by atoms with Gasteiger partial charge in [-0.25, -0.2) is 0 Å². The Morgan fingerprint density at radius 1 is 0.292 bits per heavy atom. The number of rotatable bonds is 8. The molecule has 8 aliphatic rings. The molecule has 0 unspecified atom stereocenters. The van der Waals surface area contributed by atoms with Gasteiger partial charge in [-0.05, 0) is 96.7 Å². The average Bonchev–Trinajstić information content (AvgIpc) is 3.31. The van der Waals surface area contributed by atoms with Crippen molar-refractivity contribution in [2.75, 3.05) is 0 Å². The summed E-state index contributed by atoms with van der Waals surface area (Å²) >= 11 is 0. The molecule has 381 valence electrons. The molecule has 0 aromatic carbocycles. The van der Waals surface area contributed by atoms with E-state index in [0.29, 0.717) is 0 Å². The maximum atomic E-state index is 3.00. The van der Waals surface area contributed by atoms with Crippen molar-refractivity contribution in [2.24, 2.45) is 71.0 Å². The van der Waals surface area contributed by atoms with E-state index < -0.39 is 0 Å². The van der Waals surface area contributed by atoms with Gasteiger partial charge >= 0.3 is 0 Å². The van der Waals surface area contributed by atoms with E-state index in [1.54, 1.807) is 116 Å². The van der Waals surface area contributed by atoms with Gasteiger partial charge in [0.2, 0.25) is 0 Å². The Balaban J connectivity index is -0.000000264. The largest absolute Gasteiger partial charge is 0.328 e. The first kappa shape index (κ1) is 70.0. The van der Waals surface area contributed by atoms with Crippen molar-refractivity contribution in [3.05, 3.63) is 39.2 Å². The molecule has 7 radical (unpaired) electrons. The van der Waals surface area contributed by atoms with Gasteiger partial charge in [0, 0.05) is 52.4 Å². The predicted molar refractivity (Wildman–Crippen MR) is 300 cm³/mol. The SMILES string of the molecule is C.C.C=C.C=C.CC1CCC(CC2CCC(CC3CCC(C)CC3)CC2)CC1.CC1CCC(CC2CCC(CC3CC[CH-]CC3)CC2)CC1.CC1CCCCC1.[2HH].[2HH].[B].[B].[CH-]1CCCCC1.[Y]. The van der Waals surface area contributed by atoms with Gasteiger partial charge in [0.15, 0.2) is 0 Å². The van der Waals surface area contributed by atoms with Crippen LogP contribution in [-0.4, -0.2) is 16.8 Å². The average molecular weight is 980 g/mol. The summed E-state index contributed by atoms with van der Waals surface area (Å²) in [5, 5.41) is 0. The van der Waals surface area contributed by atoms with Gasteiger partial charge in [-0.1, -0.05) is 235 Å². The third-order valence-corrected chi connectivity index (χ3v) is 17.8. The second kappa shape index (κ2) is 44.6. The van der Waals surface area contributed by atoms with Gasteiger partial charge in [-0.3, -0.25) is 0 Å².